The van der Waals surface area contributed by atoms with Gasteiger partial charge in [-0.3, -0.25) is 0 Å². The highest BCUT2D eigenvalue weighted by Crippen LogP contribution is 2.27. The Hall–Kier alpha value is -0.320. The Morgan fingerprint density at radius 2 is 2.60 bits per heavy atom. The fourth-order valence-electron chi connectivity index (χ4n) is 1.60. The summed E-state index contributed by atoms with van der Waals surface area (Å²) >= 11 is 7.63. The Balaban J connectivity index is 2.05. The van der Waals surface area contributed by atoms with Gasteiger partial charge in [-0.2, -0.15) is 0 Å². The van der Waals surface area contributed by atoms with Gasteiger partial charge in [0.1, 0.15) is 0 Å². The summed E-state index contributed by atoms with van der Waals surface area (Å²) in [6.45, 7) is 3.57. The van der Waals surface area contributed by atoms with Gasteiger partial charge in [0.05, 0.1) is 17.8 Å². The molecule has 5 heteroatoms. The number of hydrogen-bond donors (Lipinski definition) is 1. The van der Waals surface area contributed by atoms with Crippen LogP contribution in [0.25, 0.3) is 0 Å². The van der Waals surface area contributed by atoms with Crippen molar-refractivity contribution in [3.8, 4) is 0 Å². The summed E-state index contributed by atoms with van der Waals surface area (Å²) in [5.74, 6) is 0.564. The molecule has 0 spiro atoms. The van der Waals surface area contributed by atoms with Crippen LogP contribution in [0.15, 0.2) is 5.38 Å². The Kier molecular flexibility index (Phi) is 3.49. The summed E-state index contributed by atoms with van der Waals surface area (Å²) < 4.78 is 5.39. The maximum absolute atomic E-state index is 5.99. The van der Waals surface area contributed by atoms with Crippen molar-refractivity contribution in [3.05, 3.63) is 11.1 Å². The van der Waals surface area contributed by atoms with Crippen LogP contribution in [0.2, 0.25) is 0 Å². The molecule has 84 valence electrons. The molecule has 2 rings (SSSR count). The van der Waals surface area contributed by atoms with Crippen LogP contribution < -0.4 is 5.32 Å². The first-order valence-corrected chi connectivity index (χ1v) is 6.56. The molecule has 0 radical (unpaired) electrons. The second kappa shape index (κ2) is 4.68. The van der Waals surface area contributed by atoms with Gasteiger partial charge in [0.25, 0.3) is 0 Å². The van der Waals surface area contributed by atoms with E-state index >= 15 is 0 Å². The molecule has 0 amide bonds. The maximum Gasteiger partial charge on any atom is 0.183 e. The fraction of sp³-hybridized carbons (Fsp3) is 0.700. The summed E-state index contributed by atoms with van der Waals surface area (Å²) in [6, 6.07) is 0. The van der Waals surface area contributed by atoms with E-state index in [0.29, 0.717) is 12.5 Å². The molecule has 0 aliphatic carbocycles. The zero-order valence-corrected chi connectivity index (χ0v) is 10.3. The first-order valence-electron chi connectivity index (χ1n) is 5.14. The molecule has 0 aromatic carbocycles. The van der Waals surface area contributed by atoms with E-state index in [2.05, 4.69) is 22.6 Å². The summed E-state index contributed by atoms with van der Waals surface area (Å²) in [4.78, 5) is 4.48. The van der Waals surface area contributed by atoms with Gasteiger partial charge in [-0.05, 0) is 12.8 Å². The van der Waals surface area contributed by atoms with Gasteiger partial charge in [0.15, 0.2) is 5.13 Å². The van der Waals surface area contributed by atoms with Crippen molar-refractivity contribution in [2.45, 2.75) is 25.3 Å². The van der Waals surface area contributed by atoms with Gasteiger partial charge in [-0.1, -0.05) is 6.92 Å². The van der Waals surface area contributed by atoms with Crippen molar-refractivity contribution < 1.29 is 4.74 Å². The molecular formula is C10H15ClN2OS. The van der Waals surface area contributed by atoms with Gasteiger partial charge < -0.3 is 10.1 Å². The average Bonchev–Trinajstić information content (AvgIpc) is 2.88. The lowest BCUT2D eigenvalue weighted by atomic mass is 10.0. The third kappa shape index (κ3) is 2.44. The van der Waals surface area contributed by atoms with Crippen molar-refractivity contribution >= 4 is 28.1 Å². The van der Waals surface area contributed by atoms with Crippen LogP contribution in [-0.2, 0) is 11.2 Å². The van der Waals surface area contributed by atoms with Gasteiger partial charge >= 0.3 is 0 Å². The molecule has 1 aliphatic heterocycles. The maximum atomic E-state index is 5.99. The smallest absolute Gasteiger partial charge is 0.183 e. The molecule has 1 saturated heterocycles. The van der Waals surface area contributed by atoms with Crippen LogP contribution in [0.5, 0.6) is 0 Å². The number of thiazole rings is 1. The standard InChI is InChI=1S/C10H15ClN2OS/c1-2-8-5-15-9(12-8)13-10(6-11)3-4-14-7-10/h5H,2-4,6-7H2,1H3,(H,12,13). The average molecular weight is 247 g/mol. The molecule has 1 N–H and O–H groups in total. The number of nitrogens with zero attached hydrogens (tertiary/aromatic N) is 1. The molecular weight excluding hydrogens is 232 g/mol. The third-order valence-corrected chi connectivity index (χ3v) is 3.96. The Bertz CT molecular complexity index is 323. The minimum Gasteiger partial charge on any atom is -0.379 e. The molecule has 15 heavy (non-hydrogen) atoms. The summed E-state index contributed by atoms with van der Waals surface area (Å²) in [5, 5.41) is 6.45. The van der Waals surface area contributed by atoms with Crippen LogP contribution in [0.4, 0.5) is 5.13 Å². The van der Waals surface area contributed by atoms with E-state index < -0.39 is 0 Å². The van der Waals surface area contributed by atoms with E-state index in [4.69, 9.17) is 16.3 Å². The Labute approximate surface area is 98.8 Å². The Morgan fingerprint density at radius 1 is 1.73 bits per heavy atom. The molecule has 3 nitrogen and oxygen atoms in total. The molecule has 0 saturated carbocycles. The quantitative estimate of drug-likeness (QED) is 0.829. The molecule has 1 unspecified atom stereocenters. The predicted molar refractivity (Wildman–Crippen MR) is 64.0 cm³/mol. The summed E-state index contributed by atoms with van der Waals surface area (Å²) in [7, 11) is 0. The summed E-state index contributed by atoms with van der Waals surface area (Å²) in [6.07, 6.45) is 1.93. The third-order valence-electron chi connectivity index (χ3n) is 2.65. The largest absolute Gasteiger partial charge is 0.379 e. The van der Waals surface area contributed by atoms with Crippen molar-refractivity contribution in [3.63, 3.8) is 0 Å². The molecule has 1 fully saturated rings. The van der Waals surface area contributed by atoms with E-state index in [1.54, 1.807) is 11.3 Å². The number of aryl methyl sites for hydroxylation is 1. The topological polar surface area (TPSA) is 34.1 Å². The number of anilines is 1. The molecule has 1 aromatic heterocycles. The molecule has 1 atom stereocenters. The van der Waals surface area contributed by atoms with Gasteiger partial charge in [-0.25, -0.2) is 4.98 Å². The lowest BCUT2D eigenvalue weighted by molar-refractivity contribution is 0.185. The van der Waals surface area contributed by atoms with Crippen LogP contribution >= 0.6 is 22.9 Å². The monoisotopic (exact) mass is 246 g/mol. The first kappa shape index (κ1) is 11.2. The van der Waals surface area contributed by atoms with E-state index in [9.17, 15) is 0 Å². The normalized spacial score (nSPS) is 25.7. The lowest BCUT2D eigenvalue weighted by Gasteiger charge is -2.25. The second-order valence-corrected chi connectivity index (χ2v) is 4.96. The number of ether oxygens (including phenoxy) is 1. The van der Waals surface area contributed by atoms with Crippen molar-refractivity contribution in [1.29, 1.82) is 0 Å². The number of rotatable bonds is 4. The number of hydrogen-bond acceptors (Lipinski definition) is 4. The number of alkyl halides is 1. The highest BCUT2D eigenvalue weighted by Gasteiger charge is 2.34. The first-order chi connectivity index (χ1) is 7.28. The Morgan fingerprint density at radius 3 is 3.13 bits per heavy atom. The minimum atomic E-state index is -0.107. The van der Waals surface area contributed by atoms with Gasteiger partial charge in [0.2, 0.25) is 0 Å². The fourth-order valence-corrected chi connectivity index (χ4v) is 2.79. The van der Waals surface area contributed by atoms with Gasteiger partial charge in [0, 0.05) is 17.9 Å². The molecule has 0 bridgehead atoms. The van der Waals surface area contributed by atoms with E-state index in [0.717, 1.165) is 30.3 Å². The highest BCUT2D eigenvalue weighted by molar-refractivity contribution is 7.13. The van der Waals surface area contributed by atoms with Gasteiger partial charge in [-0.15, -0.1) is 22.9 Å². The summed E-state index contributed by atoms with van der Waals surface area (Å²) in [5.41, 5.74) is 1.02. The zero-order valence-electron chi connectivity index (χ0n) is 8.75. The van der Waals surface area contributed by atoms with Crippen molar-refractivity contribution in [1.82, 2.24) is 4.98 Å². The molecule has 1 aromatic rings. The predicted octanol–water partition coefficient (Wildman–Crippen LogP) is 2.52. The lowest BCUT2D eigenvalue weighted by Crippen LogP contribution is -2.40. The second-order valence-electron chi connectivity index (χ2n) is 3.84. The van der Waals surface area contributed by atoms with Crippen LogP contribution in [0, 0.1) is 0 Å². The van der Waals surface area contributed by atoms with Crippen molar-refractivity contribution in [2.75, 3.05) is 24.4 Å². The van der Waals surface area contributed by atoms with Crippen molar-refractivity contribution in [2.24, 2.45) is 0 Å². The zero-order chi connectivity index (χ0) is 10.7. The SMILES string of the molecule is CCc1csc(NC2(CCl)CCOC2)n1. The van der Waals surface area contributed by atoms with E-state index in [1.807, 2.05) is 0 Å². The number of nitrogens with one attached hydrogen (secondary N) is 1. The number of halogens is 1. The highest BCUT2D eigenvalue weighted by atomic mass is 35.5. The molecule has 1 aliphatic rings. The van der Waals surface area contributed by atoms with E-state index in [1.165, 1.54) is 0 Å². The minimum absolute atomic E-state index is 0.107. The van der Waals surface area contributed by atoms with Crippen LogP contribution in [0.3, 0.4) is 0 Å². The number of aromatic nitrogens is 1. The van der Waals surface area contributed by atoms with Crippen LogP contribution in [0.1, 0.15) is 19.0 Å². The van der Waals surface area contributed by atoms with E-state index in [-0.39, 0.29) is 5.54 Å². The van der Waals surface area contributed by atoms with Crippen LogP contribution in [-0.4, -0.2) is 29.6 Å². The molecule has 2 heterocycles.